The van der Waals surface area contributed by atoms with E-state index in [1.54, 1.807) is 6.07 Å². The Morgan fingerprint density at radius 1 is 1.32 bits per heavy atom. The summed E-state index contributed by atoms with van der Waals surface area (Å²) in [6, 6.07) is 4.61. The summed E-state index contributed by atoms with van der Waals surface area (Å²) < 4.78 is 14.3. The van der Waals surface area contributed by atoms with Crippen LogP contribution in [0.25, 0.3) is 11.4 Å². The molecule has 0 saturated heterocycles. The van der Waals surface area contributed by atoms with Crippen molar-refractivity contribution in [2.75, 3.05) is 5.73 Å². The summed E-state index contributed by atoms with van der Waals surface area (Å²) in [5.74, 6) is 0.662. The zero-order valence-corrected chi connectivity index (χ0v) is 13.0. The van der Waals surface area contributed by atoms with E-state index < -0.39 is 0 Å². The van der Waals surface area contributed by atoms with Gasteiger partial charge in [-0.05, 0) is 53.6 Å². The highest BCUT2D eigenvalue weighted by atomic mass is 127. The van der Waals surface area contributed by atoms with Gasteiger partial charge < -0.3 is 5.73 Å². The fourth-order valence-electron chi connectivity index (χ4n) is 1.87. The zero-order valence-electron chi connectivity index (χ0n) is 10.9. The average Bonchev–Trinajstić information content (AvgIpc) is 2.38. The van der Waals surface area contributed by atoms with Crippen molar-refractivity contribution in [1.29, 1.82) is 0 Å². The van der Waals surface area contributed by atoms with Crippen molar-refractivity contribution in [3.05, 3.63) is 38.8 Å². The highest BCUT2D eigenvalue weighted by Crippen LogP contribution is 2.25. The molecule has 2 aromatic rings. The van der Waals surface area contributed by atoms with Crippen LogP contribution in [-0.4, -0.2) is 9.97 Å². The molecule has 0 saturated carbocycles. The van der Waals surface area contributed by atoms with Crippen molar-refractivity contribution in [3.63, 3.8) is 0 Å². The first-order chi connectivity index (χ1) is 9.02. The summed E-state index contributed by atoms with van der Waals surface area (Å²) in [7, 11) is 0. The molecule has 19 heavy (non-hydrogen) atoms. The highest BCUT2D eigenvalue weighted by Gasteiger charge is 2.13. The lowest BCUT2D eigenvalue weighted by molar-refractivity contribution is 0.627. The maximum absolute atomic E-state index is 13.4. The van der Waals surface area contributed by atoms with E-state index in [9.17, 15) is 4.39 Å². The van der Waals surface area contributed by atoms with Gasteiger partial charge in [0, 0.05) is 5.56 Å². The molecule has 0 atom stereocenters. The molecule has 0 radical (unpaired) electrons. The Bertz CT molecular complexity index is 614. The van der Waals surface area contributed by atoms with Gasteiger partial charge in [-0.2, -0.15) is 0 Å². The van der Waals surface area contributed by atoms with Gasteiger partial charge in [0.15, 0.2) is 5.82 Å². The lowest BCUT2D eigenvalue weighted by atomic mass is 10.1. The summed E-state index contributed by atoms with van der Waals surface area (Å²) >= 11 is 2.16. The molecule has 2 N–H and O–H groups in total. The van der Waals surface area contributed by atoms with E-state index in [1.807, 2.05) is 6.92 Å². The second-order valence-corrected chi connectivity index (χ2v) is 5.48. The predicted molar refractivity (Wildman–Crippen MR) is 83.3 cm³/mol. The number of nitrogens with two attached hydrogens (primary N) is 1. The van der Waals surface area contributed by atoms with Gasteiger partial charge in [0.2, 0.25) is 0 Å². The van der Waals surface area contributed by atoms with Crippen LogP contribution in [0.5, 0.6) is 0 Å². The zero-order chi connectivity index (χ0) is 14.0. The van der Waals surface area contributed by atoms with Crippen molar-refractivity contribution in [1.82, 2.24) is 9.97 Å². The first kappa shape index (κ1) is 14.2. The van der Waals surface area contributed by atoms with Crippen molar-refractivity contribution in [2.24, 2.45) is 0 Å². The van der Waals surface area contributed by atoms with Crippen LogP contribution in [0.15, 0.2) is 18.2 Å². The second-order valence-electron chi connectivity index (χ2n) is 4.40. The van der Waals surface area contributed by atoms with Crippen molar-refractivity contribution < 1.29 is 4.39 Å². The molecular formula is C14H15FIN3. The molecule has 5 heteroatoms. The van der Waals surface area contributed by atoms with E-state index in [2.05, 4.69) is 39.5 Å². The lowest BCUT2D eigenvalue weighted by Gasteiger charge is -2.10. The quantitative estimate of drug-likeness (QED) is 0.837. The minimum absolute atomic E-state index is 0.293. The standard InChI is InChI=1S/C14H15FIN3/c1-3-4-11-12(16)13(17)19-14(18-11)10-7-9(15)6-5-8(10)2/h5-7H,3-4H2,1-2H3,(H2,17,18,19). The smallest absolute Gasteiger partial charge is 0.162 e. The number of halogens is 2. The van der Waals surface area contributed by atoms with Gasteiger partial charge in [-0.15, -0.1) is 0 Å². The largest absolute Gasteiger partial charge is 0.383 e. The number of rotatable bonds is 3. The Morgan fingerprint density at radius 3 is 2.74 bits per heavy atom. The molecule has 0 aliphatic rings. The molecule has 0 aliphatic heterocycles. The number of nitrogen functional groups attached to an aromatic ring is 1. The maximum atomic E-state index is 13.4. The van der Waals surface area contributed by atoms with Crippen molar-refractivity contribution >= 4 is 28.4 Å². The Balaban J connectivity index is 2.59. The summed E-state index contributed by atoms with van der Waals surface area (Å²) in [5.41, 5.74) is 8.48. The van der Waals surface area contributed by atoms with Crippen LogP contribution in [0.3, 0.4) is 0 Å². The molecule has 0 unspecified atom stereocenters. The highest BCUT2D eigenvalue weighted by molar-refractivity contribution is 14.1. The van der Waals surface area contributed by atoms with Gasteiger partial charge in [-0.25, -0.2) is 14.4 Å². The van der Waals surface area contributed by atoms with Crippen LogP contribution in [-0.2, 0) is 6.42 Å². The molecule has 0 aliphatic carbocycles. The number of hydrogen-bond acceptors (Lipinski definition) is 3. The van der Waals surface area contributed by atoms with Crippen LogP contribution in [0.2, 0.25) is 0 Å². The molecule has 1 aromatic heterocycles. The molecule has 0 amide bonds. The van der Waals surface area contributed by atoms with Gasteiger partial charge in [-0.3, -0.25) is 0 Å². The molecule has 0 spiro atoms. The van der Waals surface area contributed by atoms with E-state index in [1.165, 1.54) is 12.1 Å². The predicted octanol–water partition coefficient (Wildman–Crippen LogP) is 3.73. The minimum Gasteiger partial charge on any atom is -0.383 e. The Morgan fingerprint density at radius 2 is 2.05 bits per heavy atom. The summed E-state index contributed by atoms with van der Waals surface area (Å²) in [6.07, 6.45) is 1.82. The average molecular weight is 371 g/mol. The fourth-order valence-corrected chi connectivity index (χ4v) is 2.38. The molecule has 100 valence electrons. The van der Waals surface area contributed by atoms with Crippen LogP contribution in [0.1, 0.15) is 24.6 Å². The normalized spacial score (nSPS) is 10.7. The van der Waals surface area contributed by atoms with Crippen LogP contribution < -0.4 is 5.73 Å². The molecule has 1 heterocycles. The Hall–Kier alpha value is -1.24. The van der Waals surface area contributed by atoms with Gasteiger partial charge in [0.1, 0.15) is 11.6 Å². The first-order valence-corrected chi connectivity index (χ1v) is 7.19. The molecule has 3 nitrogen and oxygen atoms in total. The number of aromatic nitrogens is 2. The Labute approximate surface area is 125 Å². The number of aryl methyl sites for hydroxylation is 2. The molecule has 0 fully saturated rings. The van der Waals surface area contributed by atoms with E-state index in [0.717, 1.165) is 27.7 Å². The number of anilines is 1. The number of nitrogens with zero attached hydrogens (tertiary/aromatic N) is 2. The summed E-state index contributed by atoms with van der Waals surface area (Å²) in [5, 5.41) is 0. The molecular weight excluding hydrogens is 356 g/mol. The van der Waals surface area contributed by atoms with Gasteiger partial charge in [-0.1, -0.05) is 19.4 Å². The van der Waals surface area contributed by atoms with Crippen LogP contribution in [0.4, 0.5) is 10.2 Å². The molecule has 0 bridgehead atoms. The van der Waals surface area contributed by atoms with E-state index in [-0.39, 0.29) is 5.82 Å². The van der Waals surface area contributed by atoms with Crippen molar-refractivity contribution in [3.8, 4) is 11.4 Å². The van der Waals surface area contributed by atoms with E-state index in [4.69, 9.17) is 5.73 Å². The van der Waals surface area contributed by atoms with Crippen LogP contribution >= 0.6 is 22.6 Å². The third kappa shape index (κ3) is 3.02. The van der Waals surface area contributed by atoms with Gasteiger partial charge in [0.05, 0.1) is 9.26 Å². The summed E-state index contributed by atoms with van der Waals surface area (Å²) in [6.45, 7) is 3.99. The van der Waals surface area contributed by atoms with E-state index >= 15 is 0 Å². The third-order valence-corrected chi connectivity index (χ3v) is 4.05. The Kier molecular flexibility index (Phi) is 4.34. The number of hydrogen-bond donors (Lipinski definition) is 1. The molecule has 1 aromatic carbocycles. The lowest BCUT2D eigenvalue weighted by Crippen LogP contribution is -2.05. The fraction of sp³-hybridized carbons (Fsp3) is 0.286. The monoisotopic (exact) mass is 371 g/mol. The molecule has 2 rings (SSSR count). The van der Waals surface area contributed by atoms with Gasteiger partial charge >= 0.3 is 0 Å². The topological polar surface area (TPSA) is 51.8 Å². The van der Waals surface area contributed by atoms with Crippen LogP contribution in [0, 0.1) is 16.3 Å². The van der Waals surface area contributed by atoms with Crippen molar-refractivity contribution in [2.45, 2.75) is 26.7 Å². The SMILES string of the molecule is CCCc1nc(-c2cc(F)ccc2C)nc(N)c1I. The number of benzene rings is 1. The maximum Gasteiger partial charge on any atom is 0.162 e. The second kappa shape index (κ2) is 5.81. The van der Waals surface area contributed by atoms with E-state index in [0.29, 0.717) is 17.2 Å². The minimum atomic E-state index is -0.293. The first-order valence-electron chi connectivity index (χ1n) is 6.11. The third-order valence-electron chi connectivity index (χ3n) is 2.87. The van der Waals surface area contributed by atoms with Gasteiger partial charge in [0.25, 0.3) is 0 Å². The summed E-state index contributed by atoms with van der Waals surface area (Å²) in [4.78, 5) is 8.81.